The molecule has 0 heterocycles. The molecule has 82 valence electrons. The minimum atomic E-state index is -3.81. The minimum absolute atomic E-state index is 0.154. The number of phenolic OH excluding ortho intramolecular Hbond substituents is 1. The fraction of sp³-hybridized carbons (Fsp3) is 0.250. The average Bonchev–Trinajstić information content (AvgIpc) is 2.14. The van der Waals surface area contributed by atoms with Gasteiger partial charge < -0.3 is 5.11 Å². The summed E-state index contributed by atoms with van der Waals surface area (Å²) in [7, 11) is -3.81. The van der Waals surface area contributed by atoms with Crippen LogP contribution in [0, 0.1) is 4.91 Å². The Hall–Kier alpha value is -1.47. The molecule has 1 unspecified atom stereocenters. The Morgan fingerprint density at radius 1 is 1.40 bits per heavy atom. The summed E-state index contributed by atoms with van der Waals surface area (Å²) < 4.78 is 21.6. The van der Waals surface area contributed by atoms with Crippen molar-refractivity contribution < 1.29 is 13.5 Å². The van der Waals surface area contributed by atoms with Crippen LogP contribution in [-0.4, -0.2) is 19.3 Å². The van der Waals surface area contributed by atoms with Gasteiger partial charge in [-0.2, -0.15) is 4.91 Å². The second-order valence-corrected chi connectivity index (χ2v) is 4.67. The van der Waals surface area contributed by atoms with Crippen LogP contribution in [0.4, 0.5) is 0 Å². The van der Waals surface area contributed by atoms with Crippen LogP contribution >= 0.6 is 0 Å². The number of nitroso groups, excluding NO2 is 1. The third-order valence-electron chi connectivity index (χ3n) is 1.81. The van der Waals surface area contributed by atoms with Crippen molar-refractivity contribution in [1.82, 2.24) is 0 Å². The number of hydrogen-bond donors (Lipinski definition) is 2. The van der Waals surface area contributed by atoms with E-state index in [1.807, 2.05) is 0 Å². The minimum Gasteiger partial charge on any atom is -0.508 e. The molecule has 15 heavy (non-hydrogen) atoms. The van der Waals surface area contributed by atoms with Gasteiger partial charge in [-0.05, 0) is 6.07 Å². The average molecular weight is 230 g/mol. The zero-order chi connectivity index (χ0) is 11.5. The van der Waals surface area contributed by atoms with Gasteiger partial charge in [-0.15, -0.1) is 0 Å². The summed E-state index contributed by atoms with van der Waals surface area (Å²) in [4.78, 5) is 10.5. The van der Waals surface area contributed by atoms with E-state index in [0.717, 1.165) is 0 Å². The van der Waals surface area contributed by atoms with Gasteiger partial charge in [-0.1, -0.05) is 23.4 Å². The van der Waals surface area contributed by atoms with E-state index in [9.17, 15) is 18.4 Å². The maximum Gasteiger partial charge on any atom is 0.211 e. The Labute approximate surface area is 86.8 Å². The molecule has 0 spiro atoms. The van der Waals surface area contributed by atoms with Crippen molar-refractivity contribution in [2.45, 2.75) is 6.04 Å². The first-order valence-electron chi connectivity index (χ1n) is 4.05. The molecule has 7 heteroatoms. The Balaban J connectivity index is 3.04. The monoisotopic (exact) mass is 230 g/mol. The van der Waals surface area contributed by atoms with Gasteiger partial charge in [0.2, 0.25) is 10.0 Å². The van der Waals surface area contributed by atoms with E-state index in [-0.39, 0.29) is 11.3 Å². The van der Waals surface area contributed by atoms with Crippen LogP contribution in [0.2, 0.25) is 0 Å². The maximum atomic E-state index is 10.8. The topological polar surface area (TPSA) is 110 Å². The first-order valence-corrected chi connectivity index (χ1v) is 5.76. The van der Waals surface area contributed by atoms with E-state index >= 15 is 0 Å². The maximum absolute atomic E-state index is 10.8. The first kappa shape index (κ1) is 11.6. The number of benzene rings is 1. The molecule has 0 radical (unpaired) electrons. The third kappa shape index (κ3) is 3.30. The molecule has 0 amide bonds. The summed E-state index contributed by atoms with van der Waals surface area (Å²) in [5.41, 5.74) is 0.154. The highest BCUT2D eigenvalue weighted by Gasteiger charge is 2.20. The molecular formula is C8H10N2O4S. The normalized spacial score (nSPS) is 13.4. The van der Waals surface area contributed by atoms with Crippen LogP contribution in [0.5, 0.6) is 5.75 Å². The predicted molar refractivity (Wildman–Crippen MR) is 54.6 cm³/mol. The van der Waals surface area contributed by atoms with E-state index in [1.54, 1.807) is 12.1 Å². The summed E-state index contributed by atoms with van der Waals surface area (Å²) in [6, 6.07) is 4.71. The second-order valence-electron chi connectivity index (χ2n) is 3.01. The zero-order valence-corrected chi connectivity index (χ0v) is 8.52. The lowest BCUT2D eigenvalue weighted by atomic mass is 10.1. The Kier molecular flexibility index (Phi) is 3.38. The van der Waals surface area contributed by atoms with Crippen molar-refractivity contribution in [1.29, 1.82) is 0 Å². The van der Waals surface area contributed by atoms with Gasteiger partial charge in [0.15, 0.2) is 0 Å². The van der Waals surface area contributed by atoms with E-state index in [2.05, 4.69) is 5.18 Å². The SMILES string of the molecule is NS(=O)(=O)CC(N=O)c1ccccc1O. The quantitative estimate of drug-likeness (QED) is 0.733. The highest BCUT2D eigenvalue weighted by molar-refractivity contribution is 7.89. The van der Waals surface area contributed by atoms with Crippen LogP contribution < -0.4 is 5.14 Å². The molecule has 0 fully saturated rings. The van der Waals surface area contributed by atoms with Gasteiger partial charge in [0.1, 0.15) is 11.8 Å². The molecule has 1 aromatic carbocycles. The fourth-order valence-corrected chi connectivity index (χ4v) is 1.85. The van der Waals surface area contributed by atoms with Gasteiger partial charge in [0.25, 0.3) is 0 Å². The fourth-order valence-electron chi connectivity index (χ4n) is 1.17. The molecule has 1 atom stereocenters. The van der Waals surface area contributed by atoms with Gasteiger partial charge in [0, 0.05) is 5.56 Å². The summed E-state index contributed by atoms with van der Waals surface area (Å²) in [5.74, 6) is -0.792. The van der Waals surface area contributed by atoms with Crippen LogP contribution in [0.25, 0.3) is 0 Å². The number of para-hydroxylation sites is 1. The summed E-state index contributed by atoms with van der Waals surface area (Å²) in [6.07, 6.45) is 0. The van der Waals surface area contributed by atoms with Gasteiger partial charge in [-0.3, -0.25) is 0 Å². The molecule has 0 aliphatic heterocycles. The molecule has 0 aliphatic rings. The van der Waals surface area contributed by atoms with E-state index in [4.69, 9.17) is 5.14 Å². The lowest BCUT2D eigenvalue weighted by Crippen LogP contribution is -2.20. The number of rotatable bonds is 4. The Morgan fingerprint density at radius 2 is 2.00 bits per heavy atom. The molecule has 0 aliphatic carbocycles. The lowest BCUT2D eigenvalue weighted by Gasteiger charge is -2.09. The number of sulfonamides is 1. The molecule has 0 saturated carbocycles. The molecule has 1 aromatic rings. The number of aromatic hydroxyl groups is 1. The van der Waals surface area contributed by atoms with Crippen LogP contribution in [0.1, 0.15) is 11.6 Å². The van der Waals surface area contributed by atoms with Crippen molar-refractivity contribution in [3.8, 4) is 5.75 Å². The number of nitrogens with zero attached hydrogens (tertiary/aromatic N) is 1. The van der Waals surface area contributed by atoms with Crippen LogP contribution in [0.3, 0.4) is 0 Å². The Morgan fingerprint density at radius 3 is 2.47 bits per heavy atom. The number of phenols is 1. The second kappa shape index (κ2) is 4.37. The lowest BCUT2D eigenvalue weighted by molar-refractivity contribution is 0.463. The van der Waals surface area contributed by atoms with Crippen LogP contribution in [-0.2, 0) is 10.0 Å². The van der Waals surface area contributed by atoms with Crippen molar-refractivity contribution in [3.05, 3.63) is 34.7 Å². The highest BCUT2D eigenvalue weighted by atomic mass is 32.2. The number of primary sulfonamides is 1. The van der Waals surface area contributed by atoms with E-state index in [1.165, 1.54) is 12.1 Å². The largest absolute Gasteiger partial charge is 0.508 e. The summed E-state index contributed by atoms with van der Waals surface area (Å²) >= 11 is 0. The molecule has 6 nitrogen and oxygen atoms in total. The third-order valence-corrected chi connectivity index (χ3v) is 2.59. The van der Waals surface area contributed by atoms with Crippen molar-refractivity contribution >= 4 is 10.0 Å². The number of hydrogen-bond acceptors (Lipinski definition) is 5. The molecule has 3 N–H and O–H groups in total. The van der Waals surface area contributed by atoms with Crippen molar-refractivity contribution in [3.63, 3.8) is 0 Å². The summed E-state index contributed by atoms with van der Waals surface area (Å²) in [6.45, 7) is 0. The van der Waals surface area contributed by atoms with E-state index < -0.39 is 21.8 Å². The zero-order valence-electron chi connectivity index (χ0n) is 7.70. The highest BCUT2D eigenvalue weighted by Crippen LogP contribution is 2.26. The number of nitrogens with two attached hydrogens (primary N) is 1. The molecule has 0 bridgehead atoms. The van der Waals surface area contributed by atoms with Gasteiger partial charge >= 0.3 is 0 Å². The predicted octanol–water partition coefficient (Wildman–Crippen LogP) is 0.488. The standard InChI is InChI=1S/C8H10N2O4S/c9-15(13,14)5-7(10-12)6-3-1-2-4-8(6)11/h1-4,7,11H,5H2,(H2,9,13,14). The smallest absolute Gasteiger partial charge is 0.211 e. The summed E-state index contributed by atoms with van der Waals surface area (Å²) in [5, 5.41) is 16.8. The van der Waals surface area contributed by atoms with Crippen molar-refractivity contribution in [2.24, 2.45) is 10.3 Å². The van der Waals surface area contributed by atoms with Gasteiger partial charge in [-0.25, -0.2) is 13.6 Å². The van der Waals surface area contributed by atoms with Crippen LogP contribution in [0.15, 0.2) is 29.4 Å². The van der Waals surface area contributed by atoms with E-state index in [0.29, 0.717) is 0 Å². The van der Waals surface area contributed by atoms with Gasteiger partial charge in [0.05, 0.1) is 5.75 Å². The first-order chi connectivity index (χ1) is 6.94. The molecule has 0 aromatic heterocycles. The molecular weight excluding hydrogens is 220 g/mol. The molecule has 1 rings (SSSR count). The Bertz CT molecular complexity index is 457. The molecule has 0 saturated heterocycles. The van der Waals surface area contributed by atoms with Crippen molar-refractivity contribution in [2.75, 3.05) is 5.75 Å².